The van der Waals surface area contributed by atoms with Crippen LogP contribution in [0.1, 0.15) is 5.56 Å². The molecule has 0 fully saturated rings. The largest absolute Gasteiger partial charge is 1.00 e. The molecule has 88 valence electrons. The van der Waals surface area contributed by atoms with E-state index in [1.54, 1.807) is 43.3 Å². The number of benzene rings is 2. The van der Waals surface area contributed by atoms with Gasteiger partial charge >= 0.3 is 58.4 Å². The van der Waals surface area contributed by atoms with Gasteiger partial charge in [-0.1, -0.05) is 54.1 Å². The van der Waals surface area contributed by atoms with Crippen molar-refractivity contribution < 1.29 is 64.3 Å². The summed E-state index contributed by atoms with van der Waals surface area (Å²) < 4.78 is 38.8. The first-order chi connectivity index (χ1) is 7.98. The SMILES string of the molecule is Cc1ccc([B-](F)(F)F)c(-c2ccccc2)c1.[K+]. The zero-order chi connectivity index (χ0) is 12.5. The molecule has 2 aromatic rings. The van der Waals surface area contributed by atoms with Crippen LogP contribution in [0.5, 0.6) is 0 Å². The fourth-order valence-corrected chi connectivity index (χ4v) is 1.82. The molecule has 5 heteroatoms. The normalized spacial score (nSPS) is 10.9. The second-order valence-corrected chi connectivity index (χ2v) is 4.03. The van der Waals surface area contributed by atoms with E-state index < -0.39 is 12.4 Å². The minimum atomic E-state index is -4.98. The van der Waals surface area contributed by atoms with Crippen LogP contribution in [0.15, 0.2) is 48.5 Å². The maximum atomic E-state index is 12.9. The zero-order valence-corrected chi connectivity index (χ0v) is 13.5. The maximum absolute atomic E-state index is 12.9. The van der Waals surface area contributed by atoms with E-state index >= 15 is 0 Å². The first-order valence-corrected chi connectivity index (χ1v) is 5.34. The van der Waals surface area contributed by atoms with Gasteiger partial charge in [0, 0.05) is 0 Å². The third-order valence-electron chi connectivity index (χ3n) is 2.65. The number of aryl methyl sites for hydroxylation is 1. The second kappa shape index (κ2) is 6.39. The van der Waals surface area contributed by atoms with Crippen LogP contribution in [0.2, 0.25) is 0 Å². The minimum Gasteiger partial charge on any atom is -0.445 e. The summed E-state index contributed by atoms with van der Waals surface area (Å²) in [6.45, 7) is -3.19. The Kier molecular flexibility index (Phi) is 5.68. The second-order valence-electron chi connectivity index (χ2n) is 4.03. The molecule has 0 N–H and O–H groups in total. The van der Waals surface area contributed by atoms with Crippen molar-refractivity contribution in [2.75, 3.05) is 0 Å². The molecule has 0 amide bonds. The molecule has 0 aliphatic carbocycles. The van der Waals surface area contributed by atoms with Crippen LogP contribution in [0.25, 0.3) is 11.1 Å². The van der Waals surface area contributed by atoms with Gasteiger partial charge in [0.2, 0.25) is 0 Å². The number of rotatable bonds is 2. The van der Waals surface area contributed by atoms with Gasteiger partial charge in [-0.3, -0.25) is 0 Å². The predicted octanol–water partition coefficient (Wildman–Crippen LogP) is 0.720. The Morgan fingerprint density at radius 1 is 0.889 bits per heavy atom. The van der Waals surface area contributed by atoms with Gasteiger partial charge in [-0.25, -0.2) is 0 Å². The summed E-state index contributed by atoms with van der Waals surface area (Å²) in [6, 6.07) is 12.9. The summed E-state index contributed by atoms with van der Waals surface area (Å²) in [4.78, 5) is 0. The van der Waals surface area contributed by atoms with E-state index in [-0.39, 0.29) is 56.9 Å². The van der Waals surface area contributed by atoms with Gasteiger partial charge in [0.25, 0.3) is 0 Å². The van der Waals surface area contributed by atoms with Gasteiger partial charge < -0.3 is 12.9 Å². The topological polar surface area (TPSA) is 0 Å². The predicted molar refractivity (Wildman–Crippen MR) is 65.3 cm³/mol. The monoisotopic (exact) mass is 274 g/mol. The number of halogens is 3. The van der Waals surface area contributed by atoms with Crippen molar-refractivity contribution >= 4 is 12.4 Å². The molecule has 0 nitrogen and oxygen atoms in total. The Bertz CT molecular complexity index is 524. The van der Waals surface area contributed by atoms with E-state index in [0.717, 1.165) is 11.6 Å². The van der Waals surface area contributed by atoms with Crippen LogP contribution in [0.3, 0.4) is 0 Å². The van der Waals surface area contributed by atoms with Crippen molar-refractivity contribution in [2.24, 2.45) is 0 Å². The average molecular weight is 274 g/mol. The van der Waals surface area contributed by atoms with Gasteiger partial charge in [-0.15, -0.1) is 5.46 Å². The van der Waals surface area contributed by atoms with E-state index in [0.29, 0.717) is 5.56 Å². The van der Waals surface area contributed by atoms with Gasteiger partial charge in [-0.2, -0.15) is 0 Å². The van der Waals surface area contributed by atoms with Crippen LogP contribution in [-0.2, 0) is 0 Å². The Morgan fingerprint density at radius 2 is 1.50 bits per heavy atom. The molecular weight excluding hydrogens is 263 g/mol. The molecular formula is C13H11BF3K. The summed E-state index contributed by atoms with van der Waals surface area (Å²) in [5, 5.41) is 0. The fraction of sp³-hybridized carbons (Fsp3) is 0.0769. The van der Waals surface area contributed by atoms with E-state index in [1.165, 1.54) is 6.07 Å². The number of hydrogen-bond acceptors (Lipinski definition) is 0. The molecule has 18 heavy (non-hydrogen) atoms. The van der Waals surface area contributed by atoms with Crippen LogP contribution in [0.4, 0.5) is 12.9 Å². The standard InChI is InChI=1S/C13H11BF3.K/c1-10-7-8-13(14(15,16)17)12(9-10)11-5-3-2-4-6-11;/h2-9H,1H3;/q-1;+1. The van der Waals surface area contributed by atoms with E-state index in [2.05, 4.69) is 0 Å². The van der Waals surface area contributed by atoms with Crippen LogP contribution >= 0.6 is 0 Å². The molecule has 0 spiro atoms. The molecule has 0 saturated heterocycles. The quantitative estimate of drug-likeness (QED) is 0.708. The first-order valence-electron chi connectivity index (χ1n) is 5.34. The van der Waals surface area contributed by atoms with Crippen molar-refractivity contribution in [2.45, 2.75) is 6.92 Å². The molecule has 0 aliphatic heterocycles. The molecule has 0 aliphatic rings. The van der Waals surface area contributed by atoms with Crippen LogP contribution < -0.4 is 56.8 Å². The third kappa shape index (κ3) is 3.71. The molecule has 0 bridgehead atoms. The average Bonchev–Trinajstić information content (AvgIpc) is 2.28. The molecule has 2 rings (SSSR count). The first kappa shape index (κ1) is 16.0. The van der Waals surface area contributed by atoms with Gasteiger partial charge in [0.15, 0.2) is 0 Å². The Labute approximate surface area is 147 Å². The Balaban J connectivity index is 0.00000162. The minimum absolute atomic E-state index is 0. The van der Waals surface area contributed by atoms with Crippen LogP contribution in [0, 0.1) is 6.92 Å². The molecule has 0 atom stereocenters. The van der Waals surface area contributed by atoms with Crippen molar-refractivity contribution in [3.63, 3.8) is 0 Å². The van der Waals surface area contributed by atoms with Crippen LogP contribution in [-0.4, -0.2) is 6.98 Å². The summed E-state index contributed by atoms with van der Waals surface area (Å²) in [5.41, 5.74) is 1.16. The molecule has 0 unspecified atom stereocenters. The zero-order valence-electron chi connectivity index (χ0n) is 10.3. The van der Waals surface area contributed by atoms with Gasteiger partial charge in [0.05, 0.1) is 0 Å². The Morgan fingerprint density at radius 3 is 2.06 bits per heavy atom. The van der Waals surface area contributed by atoms with Crippen molar-refractivity contribution in [1.82, 2.24) is 0 Å². The summed E-state index contributed by atoms with van der Waals surface area (Å²) in [6.07, 6.45) is 0. The summed E-state index contributed by atoms with van der Waals surface area (Å²) >= 11 is 0. The molecule has 0 saturated carbocycles. The van der Waals surface area contributed by atoms with Crippen molar-refractivity contribution in [3.8, 4) is 11.1 Å². The maximum Gasteiger partial charge on any atom is 1.00 e. The number of hydrogen-bond donors (Lipinski definition) is 0. The van der Waals surface area contributed by atoms with E-state index in [1.807, 2.05) is 0 Å². The van der Waals surface area contributed by atoms with Crippen molar-refractivity contribution in [1.29, 1.82) is 0 Å². The summed E-state index contributed by atoms with van der Waals surface area (Å²) in [5.74, 6) is 0. The fourth-order valence-electron chi connectivity index (χ4n) is 1.82. The smallest absolute Gasteiger partial charge is 0.445 e. The van der Waals surface area contributed by atoms with Crippen molar-refractivity contribution in [3.05, 3.63) is 54.1 Å². The van der Waals surface area contributed by atoms with E-state index in [9.17, 15) is 12.9 Å². The molecule has 0 heterocycles. The summed E-state index contributed by atoms with van der Waals surface area (Å²) in [7, 11) is 0. The van der Waals surface area contributed by atoms with Gasteiger partial charge in [0.1, 0.15) is 0 Å². The molecule has 0 radical (unpaired) electrons. The Hall–Kier alpha value is -0.0687. The van der Waals surface area contributed by atoms with E-state index in [4.69, 9.17) is 0 Å². The third-order valence-corrected chi connectivity index (χ3v) is 2.65. The molecule has 0 aromatic heterocycles. The molecule has 2 aromatic carbocycles. The van der Waals surface area contributed by atoms with Gasteiger partial charge in [-0.05, 0) is 18.1 Å².